The second-order valence-corrected chi connectivity index (χ2v) is 6.43. The van der Waals surface area contributed by atoms with Gasteiger partial charge in [-0.15, -0.1) is 0 Å². The first-order valence-corrected chi connectivity index (χ1v) is 7.92. The van der Waals surface area contributed by atoms with Gasteiger partial charge in [-0.05, 0) is 44.0 Å². The molecule has 5 nitrogen and oxygen atoms in total. The van der Waals surface area contributed by atoms with Crippen LogP contribution < -0.4 is 4.83 Å². The average Bonchev–Trinajstić information content (AvgIpc) is 2.38. The molecule has 1 heterocycles. The van der Waals surface area contributed by atoms with E-state index in [4.69, 9.17) is 0 Å². The first kappa shape index (κ1) is 15.2. The number of benzene rings is 1. The number of aromatic nitrogens is 1. The molecule has 0 bridgehead atoms. The van der Waals surface area contributed by atoms with E-state index in [0.29, 0.717) is 16.8 Å². The van der Waals surface area contributed by atoms with Gasteiger partial charge in [0.15, 0.2) is 0 Å². The van der Waals surface area contributed by atoms with Crippen LogP contribution in [0.25, 0.3) is 0 Å². The number of rotatable bonds is 4. The lowest BCUT2D eigenvalue weighted by Crippen LogP contribution is -2.20. The lowest BCUT2D eigenvalue weighted by molar-refractivity contribution is 0.583. The molecule has 0 amide bonds. The van der Waals surface area contributed by atoms with Crippen LogP contribution in [0.15, 0.2) is 46.5 Å². The van der Waals surface area contributed by atoms with Crippen molar-refractivity contribution in [3.63, 3.8) is 0 Å². The van der Waals surface area contributed by atoms with E-state index in [9.17, 15) is 8.42 Å². The summed E-state index contributed by atoms with van der Waals surface area (Å²) in [5, 5.41) is 3.77. The van der Waals surface area contributed by atoms with Gasteiger partial charge in [-0.3, -0.25) is 4.98 Å². The maximum Gasteiger partial charge on any atom is 0.277 e. The molecule has 0 saturated carbocycles. The Morgan fingerprint density at radius 2 is 1.81 bits per heavy atom. The summed E-state index contributed by atoms with van der Waals surface area (Å²) >= 11 is 0. The Hall–Kier alpha value is -2.21. The van der Waals surface area contributed by atoms with Gasteiger partial charge in [-0.1, -0.05) is 23.8 Å². The summed E-state index contributed by atoms with van der Waals surface area (Å²) in [7, 11) is -3.68. The van der Waals surface area contributed by atoms with Crippen molar-refractivity contribution in [3.05, 3.63) is 58.9 Å². The van der Waals surface area contributed by atoms with E-state index in [2.05, 4.69) is 14.9 Å². The molecule has 0 fully saturated rings. The van der Waals surface area contributed by atoms with E-state index in [1.807, 2.05) is 19.1 Å². The molecular weight excluding hydrogens is 286 g/mol. The molecule has 0 saturated heterocycles. The molecule has 0 aliphatic rings. The molecule has 0 aliphatic carbocycles. The summed E-state index contributed by atoms with van der Waals surface area (Å²) < 4.78 is 24.7. The maximum atomic E-state index is 12.3. The zero-order valence-corrected chi connectivity index (χ0v) is 13.0. The predicted molar refractivity (Wildman–Crippen MR) is 82.8 cm³/mol. The van der Waals surface area contributed by atoms with Crippen LogP contribution >= 0.6 is 0 Å². The van der Waals surface area contributed by atoms with Gasteiger partial charge in [0.25, 0.3) is 10.0 Å². The number of pyridine rings is 1. The highest BCUT2D eigenvalue weighted by molar-refractivity contribution is 7.89. The van der Waals surface area contributed by atoms with Gasteiger partial charge in [-0.25, -0.2) is 0 Å². The zero-order valence-electron chi connectivity index (χ0n) is 12.2. The third-order valence-corrected chi connectivity index (χ3v) is 4.46. The molecule has 0 unspecified atom stereocenters. The fourth-order valence-electron chi connectivity index (χ4n) is 2.25. The SMILES string of the molecule is Cc1cc(C)c(S(=O)(=O)N/N=C/c2ccccn2)c(C)c1. The molecule has 0 atom stereocenters. The van der Waals surface area contributed by atoms with Crippen LogP contribution in [0.4, 0.5) is 0 Å². The van der Waals surface area contributed by atoms with Gasteiger partial charge >= 0.3 is 0 Å². The third-order valence-electron chi connectivity index (χ3n) is 2.93. The second-order valence-electron chi connectivity index (χ2n) is 4.84. The van der Waals surface area contributed by atoms with Crippen molar-refractivity contribution in [3.8, 4) is 0 Å². The minimum absolute atomic E-state index is 0.270. The van der Waals surface area contributed by atoms with Crippen LogP contribution in [0.3, 0.4) is 0 Å². The lowest BCUT2D eigenvalue weighted by atomic mass is 10.1. The van der Waals surface area contributed by atoms with Gasteiger partial charge in [0.05, 0.1) is 16.8 Å². The Bertz CT molecular complexity index is 746. The molecule has 0 aliphatic heterocycles. The molecule has 0 radical (unpaired) electrons. The summed E-state index contributed by atoms with van der Waals surface area (Å²) in [5.41, 5.74) is 3.01. The van der Waals surface area contributed by atoms with Crippen molar-refractivity contribution < 1.29 is 8.42 Å². The average molecular weight is 303 g/mol. The van der Waals surface area contributed by atoms with E-state index < -0.39 is 10.0 Å². The third kappa shape index (κ3) is 3.66. The van der Waals surface area contributed by atoms with Crippen molar-refractivity contribution in [2.45, 2.75) is 25.7 Å². The quantitative estimate of drug-likeness (QED) is 0.696. The standard InChI is InChI=1S/C15H17N3O2S/c1-11-8-12(2)15(13(3)9-11)21(19,20)18-17-10-14-6-4-5-7-16-14/h4-10,18H,1-3H3/b17-10+. The van der Waals surface area contributed by atoms with E-state index >= 15 is 0 Å². The summed E-state index contributed by atoms with van der Waals surface area (Å²) in [6.45, 7) is 5.48. The predicted octanol–water partition coefficient (Wildman–Crippen LogP) is 2.32. The number of hydrogen-bond donors (Lipinski definition) is 1. The first-order valence-electron chi connectivity index (χ1n) is 6.44. The van der Waals surface area contributed by atoms with Gasteiger partial charge in [-0.2, -0.15) is 18.4 Å². The van der Waals surface area contributed by atoms with Gasteiger partial charge in [0.2, 0.25) is 0 Å². The number of nitrogens with one attached hydrogen (secondary N) is 1. The summed E-state index contributed by atoms with van der Waals surface area (Å²) in [5.74, 6) is 0. The number of nitrogens with zero attached hydrogens (tertiary/aromatic N) is 2. The minimum Gasteiger partial charge on any atom is -0.255 e. The second kappa shape index (κ2) is 6.05. The van der Waals surface area contributed by atoms with Crippen LogP contribution in [0.1, 0.15) is 22.4 Å². The molecule has 1 aromatic carbocycles. The monoisotopic (exact) mass is 303 g/mol. The lowest BCUT2D eigenvalue weighted by Gasteiger charge is -2.11. The zero-order chi connectivity index (χ0) is 15.5. The number of hydrazone groups is 1. The highest BCUT2D eigenvalue weighted by Gasteiger charge is 2.18. The molecule has 1 aromatic heterocycles. The molecule has 110 valence electrons. The topological polar surface area (TPSA) is 71.4 Å². The van der Waals surface area contributed by atoms with Crippen molar-refractivity contribution in [1.29, 1.82) is 0 Å². The molecule has 21 heavy (non-hydrogen) atoms. The van der Waals surface area contributed by atoms with Crippen LogP contribution in [-0.2, 0) is 10.0 Å². The highest BCUT2D eigenvalue weighted by Crippen LogP contribution is 2.21. The number of aryl methyl sites for hydroxylation is 3. The number of sulfonamides is 1. The van der Waals surface area contributed by atoms with E-state index in [0.717, 1.165) is 5.56 Å². The van der Waals surface area contributed by atoms with Crippen LogP contribution in [0.2, 0.25) is 0 Å². The smallest absolute Gasteiger partial charge is 0.255 e. The Kier molecular flexibility index (Phi) is 4.37. The fraction of sp³-hybridized carbons (Fsp3) is 0.200. The molecule has 1 N–H and O–H groups in total. The van der Waals surface area contributed by atoms with Gasteiger partial charge in [0, 0.05) is 6.20 Å². The largest absolute Gasteiger partial charge is 0.277 e. The molecule has 2 aromatic rings. The van der Waals surface area contributed by atoms with Gasteiger partial charge < -0.3 is 0 Å². The Morgan fingerprint density at radius 1 is 1.14 bits per heavy atom. The van der Waals surface area contributed by atoms with Crippen molar-refractivity contribution >= 4 is 16.2 Å². The first-order chi connectivity index (χ1) is 9.90. The number of hydrogen-bond acceptors (Lipinski definition) is 4. The highest BCUT2D eigenvalue weighted by atomic mass is 32.2. The van der Waals surface area contributed by atoms with Crippen LogP contribution in [-0.4, -0.2) is 19.6 Å². The fourth-order valence-corrected chi connectivity index (χ4v) is 3.50. The van der Waals surface area contributed by atoms with Crippen LogP contribution in [0.5, 0.6) is 0 Å². The minimum atomic E-state index is -3.68. The van der Waals surface area contributed by atoms with E-state index in [1.165, 1.54) is 6.21 Å². The molecule has 6 heteroatoms. The van der Waals surface area contributed by atoms with E-state index in [-0.39, 0.29) is 4.90 Å². The summed E-state index contributed by atoms with van der Waals surface area (Å²) in [6.07, 6.45) is 2.99. The Labute approximate surface area is 124 Å². The maximum absolute atomic E-state index is 12.3. The Balaban J connectivity index is 2.26. The Morgan fingerprint density at radius 3 is 2.38 bits per heavy atom. The van der Waals surface area contributed by atoms with E-state index in [1.54, 1.807) is 38.2 Å². The van der Waals surface area contributed by atoms with Crippen molar-refractivity contribution in [2.75, 3.05) is 0 Å². The van der Waals surface area contributed by atoms with Crippen LogP contribution in [0, 0.1) is 20.8 Å². The molecular formula is C15H17N3O2S. The van der Waals surface area contributed by atoms with Crippen molar-refractivity contribution in [1.82, 2.24) is 9.82 Å². The van der Waals surface area contributed by atoms with Gasteiger partial charge in [0.1, 0.15) is 0 Å². The molecule has 2 rings (SSSR count). The summed E-state index contributed by atoms with van der Waals surface area (Å²) in [6, 6.07) is 8.99. The van der Waals surface area contributed by atoms with Crippen molar-refractivity contribution in [2.24, 2.45) is 5.10 Å². The normalized spacial score (nSPS) is 11.8. The molecule has 0 spiro atoms. The summed E-state index contributed by atoms with van der Waals surface area (Å²) in [4.78, 5) is 6.53.